The SMILES string of the molecule is CCC1CCCCN1c1cncc(C(=O)NCc2ccc3c(c2)OCO3)c1. The van der Waals surface area contributed by atoms with Crippen molar-refractivity contribution >= 4 is 11.6 Å². The number of benzene rings is 1. The Balaban J connectivity index is 1.43. The molecule has 0 aliphatic carbocycles. The Bertz CT molecular complexity index is 824. The summed E-state index contributed by atoms with van der Waals surface area (Å²) in [6, 6.07) is 8.19. The van der Waals surface area contributed by atoms with E-state index in [1.165, 1.54) is 19.3 Å². The van der Waals surface area contributed by atoms with Crippen LogP contribution >= 0.6 is 0 Å². The monoisotopic (exact) mass is 367 g/mol. The smallest absolute Gasteiger partial charge is 0.253 e. The molecule has 0 radical (unpaired) electrons. The van der Waals surface area contributed by atoms with E-state index in [1.807, 2.05) is 30.5 Å². The molecule has 142 valence electrons. The zero-order valence-corrected chi connectivity index (χ0v) is 15.6. The van der Waals surface area contributed by atoms with Crippen molar-refractivity contribution in [1.82, 2.24) is 10.3 Å². The number of nitrogens with zero attached hydrogens (tertiary/aromatic N) is 2. The number of hydrogen-bond acceptors (Lipinski definition) is 5. The molecule has 1 fully saturated rings. The second-order valence-corrected chi connectivity index (χ2v) is 7.05. The first-order chi connectivity index (χ1) is 13.2. The highest BCUT2D eigenvalue weighted by molar-refractivity contribution is 5.94. The van der Waals surface area contributed by atoms with Crippen LogP contribution in [0.4, 0.5) is 5.69 Å². The van der Waals surface area contributed by atoms with Gasteiger partial charge in [-0.1, -0.05) is 13.0 Å². The maximum atomic E-state index is 12.6. The van der Waals surface area contributed by atoms with Gasteiger partial charge in [0.2, 0.25) is 6.79 Å². The van der Waals surface area contributed by atoms with Crippen LogP contribution in [0.25, 0.3) is 0 Å². The van der Waals surface area contributed by atoms with E-state index in [2.05, 4.69) is 22.1 Å². The van der Waals surface area contributed by atoms with E-state index in [0.717, 1.165) is 35.7 Å². The molecule has 0 saturated carbocycles. The summed E-state index contributed by atoms with van der Waals surface area (Å²) in [5.74, 6) is 1.35. The second-order valence-electron chi connectivity index (χ2n) is 7.05. The van der Waals surface area contributed by atoms with Gasteiger partial charge in [-0.15, -0.1) is 0 Å². The number of rotatable bonds is 5. The van der Waals surface area contributed by atoms with Crippen LogP contribution in [0.5, 0.6) is 11.5 Å². The minimum atomic E-state index is -0.118. The average molecular weight is 367 g/mol. The molecule has 2 aliphatic rings. The minimum Gasteiger partial charge on any atom is -0.454 e. The number of carbonyl (C=O) groups excluding carboxylic acids is 1. The normalized spacial score (nSPS) is 18.4. The topological polar surface area (TPSA) is 63.7 Å². The lowest BCUT2D eigenvalue weighted by molar-refractivity contribution is 0.0950. The Hall–Kier alpha value is -2.76. The number of aromatic nitrogens is 1. The van der Waals surface area contributed by atoms with Gasteiger partial charge < -0.3 is 19.7 Å². The number of fused-ring (bicyclic) bond motifs is 1. The molecule has 27 heavy (non-hydrogen) atoms. The lowest BCUT2D eigenvalue weighted by atomic mass is 9.99. The van der Waals surface area contributed by atoms with E-state index in [-0.39, 0.29) is 12.7 Å². The lowest BCUT2D eigenvalue weighted by Crippen LogP contribution is -2.39. The van der Waals surface area contributed by atoms with Crippen LogP contribution in [0.3, 0.4) is 0 Å². The van der Waals surface area contributed by atoms with E-state index in [1.54, 1.807) is 6.20 Å². The van der Waals surface area contributed by atoms with Gasteiger partial charge in [0, 0.05) is 25.3 Å². The quantitative estimate of drug-likeness (QED) is 0.876. The third-order valence-corrected chi connectivity index (χ3v) is 5.31. The third kappa shape index (κ3) is 3.84. The average Bonchev–Trinajstić information content (AvgIpc) is 3.20. The van der Waals surface area contributed by atoms with E-state index < -0.39 is 0 Å². The number of nitrogens with one attached hydrogen (secondary N) is 1. The van der Waals surface area contributed by atoms with Gasteiger partial charge in [-0.05, 0) is 49.4 Å². The molecular formula is C21H25N3O3. The summed E-state index contributed by atoms with van der Waals surface area (Å²) in [5.41, 5.74) is 2.60. The van der Waals surface area contributed by atoms with E-state index >= 15 is 0 Å². The van der Waals surface area contributed by atoms with Gasteiger partial charge in [-0.2, -0.15) is 0 Å². The fourth-order valence-electron chi connectivity index (χ4n) is 3.81. The number of amides is 1. The molecule has 2 aliphatic heterocycles. The number of piperidine rings is 1. The fraction of sp³-hybridized carbons (Fsp3) is 0.429. The van der Waals surface area contributed by atoms with E-state index in [4.69, 9.17) is 9.47 Å². The fourth-order valence-corrected chi connectivity index (χ4v) is 3.81. The Morgan fingerprint density at radius 3 is 3.00 bits per heavy atom. The van der Waals surface area contributed by atoms with Gasteiger partial charge in [0.05, 0.1) is 17.4 Å². The predicted octanol–water partition coefficient (Wildman–Crippen LogP) is 3.51. The first kappa shape index (κ1) is 17.6. The molecular weight excluding hydrogens is 342 g/mol. The standard InChI is InChI=1S/C21H25N3O3/c1-2-17-5-3-4-8-24(17)18-10-16(12-22-13-18)21(25)23-11-15-6-7-19-20(9-15)27-14-26-19/h6-7,9-10,12-13,17H,2-5,8,11,14H2,1H3,(H,23,25). The summed E-state index contributed by atoms with van der Waals surface area (Å²) in [6.07, 6.45) is 8.28. The third-order valence-electron chi connectivity index (χ3n) is 5.31. The highest BCUT2D eigenvalue weighted by atomic mass is 16.7. The van der Waals surface area contributed by atoms with Crippen LogP contribution in [-0.2, 0) is 6.54 Å². The van der Waals surface area contributed by atoms with Crippen LogP contribution in [0.15, 0.2) is 36.7 Å². The predicted molar refractivity (Wildman–Crippen MR) is 103 cm³/mol. The Labute approximate surface area is 159 Å². The molecule has 1 unspecified atom stereocenters. The Kier molecular flexibility index (Phi) is 5.14. The number of hydrogen-bond donors (Lipinski definition) is 1. The van der Waals surface area contributed by atoms with Crippen LogP contribution in [-0.4, -0.2) is 30.3 Å². The number of carbonyl (C=O) groups is 1. The maximum absolute atomic E-state index is 12.6. The Morgan fingerprint density at radius 2 is 2.11 bits per heavy atom. The maximum Gasteiger partial charge on any atom is 0.253 e. The van der Waals surface area contributed by atoms with Gasteiger partial charge in [0.1, 0.15) is 0 Å². The second kappa shape index (κ2) is 7.86. The number of pyridine rings is 1. The molecule has 2 aromatic rings. The largest absolute Gasteiger partial charge is 0.454 e. The van der Waals surface area contributed by atoms with E-state index in [0.29, 0.717) is 18.2 Å². The highest BCUT2D eigenvalue weighted by Crippen LogP contribution is 2.32. The van der Waals surface area contributed by atoms with Gasteiger partial charge in [-0.25, -0.2) is 0 Å². The summed E-state index contributed by atoms with van der Waals surface area (Å²) in [4.78, 5) is 19.3. The first-order valence-electron chi connectivity index (χ1n) is 9.63. The van der Waals surface area contributed by atoms with Crippen molar-refractivity contribution < 1.29 is 14.3 Å². The Morgan fingerprint density at radius 1 is 1.22 bits per heavy atom. The molecule has 1 aromatic carbocycles. The van der Waals surface area contributed by atoms with Gasteiger partial charge in [0.25, 0.3) is 5.91 Å². The van der Waals surface area contributed by atoms with Crippen LogP contribution in [0.1, 0.15) is 48.5 Å². The van der Waals surface area contributed by atoms with Crippen molar-refractivity contribution in [2.45, 2.75) is 45.2 Å². The summed E-state index contributed by atoms with van der Waals surface area (Å²) in [5, 5.41) is 2.97. The molecule has 1 amide bonds. The summed E-state index contributed by atoms with van der Waals surface area (Å²) in [7, 11) is 0. The van der Waals surface area contributed by atoms with E-state index in [9.17, 15) is 4.79 Å². The summed E-state index contributed by atoms with van der Waals surface area (Å²) in [6.45, 7) is 3.93. The molecule has 6 nitrogen and oxygen atoms in total. The zero-order chi connectivity index (χ0) is 18.6. The summed E-state index contributed by atoms with van der Waals surface area (Å²) < 4.78 is 10.7. The van der Waals surface area contributed by atoms with Crippen LogP contribution in [0, 0.1) is 0 Å². The van der Waals surface area contributed by atoms with Crippen molar-refractivity contribution in [1.29, 1.82) is 0 Å². The van der Waals surface area contributed by atoms with Crippen molar-refractivity contribution in [3.05, 3.63) is 47.8 Å². The van der Waals surface area contributed by atoms with Crippen molar-refractivity contribution in [3.8, 4) is 11.5 Å². The van der Waals surface area contributed by atoms with Gasteiger partial charge in [0.15, 0.2) is 11.5 Å². The van der Waals surface area contributed by atoms with Crippen molar-refractivity contribution in [2.75, 3.05) is 18.2 Å². The molecule has 1 N–H and O–H groups in total. The molecule has 0 spiro atoms. The van der Waals surface area contributed by atoms with Crippen molar-refractivity contribution in [2.24, 2.45) is 0 Å². The molecule has 3 heterocycles. The summed E-state index contributed by atoms with van der Waals surface area (Å²) >= 11 is 0. The lowest BCUT2D eigenvalue weighted by Gasteiger charge is -2.37. The van der Waals surface area contributed by atoms with Gasteiger partial charge in [-0.3, -0.25) is 9.78 Å². The molecule has 1 saturated heterocycles. The molecule has 4 rings (SSSR count). The minimum absolute atomic E-state index is 0.118. The number of anilines is 1. The van der Waals surface area contributed by atoms with Gasteiger partial charge >= 0.3 is 0 Å². The number of ether oxygens (including phenoxy) is 2. The molecule has 0 bridgehead atoms. The highest BCUT2D eigenvalue weighted by Gasteiger charge is 2.22. The zero-order valence-electron chi connectivity index (χ0n) is 15.6. The molecule has 6 heteroatoms. The first-order valence-corrected chi connectivity index (χ1v) is 9.63. The van der Waals surface area contributed by atoms with Crippen LogP contribution < -0.4 is 19.7 Å². The molecule has 1 atom stereocenters. The molecule has 1 aromatic heterocycles. The van der Waals surface area contributed by atoms with Crippen LogP contribution in [0.2, 0.25) is 0 Å². The van der Waals surface area contributed by atoms with Crippen molar-refractivity contribution in [3.63, 3.8) is 0 Å².